The summed E-state index contributed by atoms with van der Waals surface area (Å²) >= 11 is 0. The summed E-state index contributed by atoms with van der Waals surface area (Å²) in [6, 6.07) is 7.40. The minimum atomic E-state index is -0.212. The van der Waals surface area contributed by atoms with Gasteiger partial charge in [-0.05, 0) is 31.9 Å². The lowest BCUT2D eigenvalue weighted by atomic mass is 10.0. The molecule has 1 amide bonds. The van der Waals surface area contributed by atoms with Gasteiger partial charge in [-0.25, -0.2) is 4.98 Å². The van der Waals surface area contributed by atoms with E-state index in [9.17, 15) is 4.79 Å². The molecule has 1 aliphatic heterocycles. The van der Waals surface area contributed by atoms with Crippen molar-refractivity contribution in [3.8, 4) is 6.07 Å². The first-order valence-electron chi connectivity index (χ1n) is 7.51. The molecule has 7 heteroatoms. The molecule has 0 radical (unpaired) electrons. The van der Waals surface area contributed by atoms with Gasteiger partial charge in [0.05, 0.1) is 5.56 Å². The maximum atomic E-state index is 12.1. The number of nitriles is 1. The molecule has 1 aliphatic rings. The van der Waals surface area contributed by atoms with Crippen molar-refractivity contribution in [3.63, 3.8) is 0 Å². The second kappa shape index (κ2) is 6.48. The van der Waals surface area contributed by atoms with Gasteiger partial charge in [-0.1, -0.05) is 5.16 Å². The Kier molecular flexibility index (Phi) is 4.24. The van der Waals surface area contributed by atoms with Crippen LogP contribution in [0.5, 0.6) is 0 Å². The van der Waals surface area contributed by atoms with Crippen LogP contribution in [0.3, 0.4) is 0 Å². The Bertz CT molecular complexity index is 741. The number of carbonyl (C=O) groups excluding carboxylic acids is 1. The fraction of sp³-hybridized carbons (Fsp3) is 0.375. The average Bonchev–Trinajstić information content (AvgIpc) is 3.02. The highest BCUT2D eigenvalue weighted by atomic mass is 16.5. The summed E-state index contributed by atoms with van der Waals surface area (Å²) in [6.07, 6.45) is 3.28. The normalized spacial score (nSPS) is 15.2. The lowest BCUT2D eigenvalue weighted by Gasteiger charge is -2.33. The van der Waals surface area contributed by atoms with Crippen molar-refractivity contribution in [3.05, 3.63) is 41.4 Å². The predicted molar refractivity (Wildman–Crippen MR) is 82.9 cm³/mol. The Balaban J connectivity index is 1.58. The van der Waals surface area contributed by atoms with Crippen molar-refractivity contribution in [2.24, 2.45) is 0 Å². The highest BCUT2D eigenvalue weighted by Gasteiger charge is 2.24. The fourth-order valence-corrected chi connectivity index (χ4v) is 2.70. The van der Waals surface area contributed by atoms with Gasteiger partial charge in [0.25, 0.3) is 5.91 Å². The first-order valence-corrected chi connectivity index (χ1v) is 7.51. The van der Waals surface area contributed by atoms with Crippen LogP contribution in [0.25, 0.3) is 0 Å². The molecular weight excluding hydrogens is 294 g/mol. The van der Waals surface area contributed by atoms with E-state index in [0.717, 1.165) is 25.9 Å². The van der Waals surface area contributed by atoms with Crippen LogP contribution >= 0.6 is 0 Å². The van der Waals surface area contributed by atoms with Gasteiger partial charge in [0.15, 0.2) is 5.69 Å². The van der Waals surface area contributed by atoms with Crippen LogP contribution < -0.4 is 10.2 Å². The molecule has 1 saturated heterocycles. The number of pyridine rings is 1. The van der Waals surface area contributed by atoms with Crippen molar-refractivity contribution in [2.45, 2.75) is 25.8 Å². The number of hydrogen-bond acceptors (Lipinski definition) is 6. The van der Waals surface area contributed by atoms with E-state index in [4.69, 9.17) is 9.78 Å². The lowest BCUT2D eigenvalue weighted by Crippen LogP contribution is -2.45. The summed E-state index contributed by atoms with van der Waals surface area (Å²) in [4.78, 5) is 18.5. The molecule has 0 spiro atoms. The second-order valence-electron chi connectivity index (χ2n) is 5.54. The molecule has 0 aromatic carbocycles. The summed E-state index contributed by atoms with van der Waals surface area (Å²) in [7, 11) is 0. The number of aromatic nitrogens is 2. The summed E-state index contributed by atoms with van der Waals surface area (Å²) in [5.41, 5.74) is 0.884. The lowest BCUT2D eigenvalue weighted by molar-refractivity contribution is 0.0922. The number of carbonyl (C=O) groups is 1. The molecule has 2 aromatic rings. The Labute approximate surface area is 133 Å². The maximum absolute atomic E-state index is 12.1. The summed E-state index contributed by atoms with van der Waals surface area (Å²) in [5.74, 6) is 1.12. The maximum Gasteiger partial charge on any atom is 0.273 e. The molecule has 3 heterocycles. The molecule has 0 saturated carbocycles. The zero-order chi connectivity index (χ0) is 16.2. The predicted octanol–water partition coefficient (Wildman–Crippen LogP) is 1.65. The van der Waals surface area contributed by atoms with Gasteiger partial charge in [0, 0.05) is 31.4 Å². The van der Waals surface area contributed by atoms with E-state index in [1.54, 1.807) is 31.3 Å². The van der Waals surface area contributed by atoms with Crippen LogP contribution in [0.15, 0.2) is 28.9 Å². The number of rotatable bonds is 3. The molecule has 0 unspecified atom stereocenters. The number of anilines is 1. The number of aryl methyl sites for hydroxylation is 1. The molecule has 1 fully saturated rings. The summed E-state index contributed by atoms with van der Waals surface area (Å²) in [5, 5.41) is 15.9. The third-order valence-corrected chi connectivity index (χ3v) is 3.90. The number of nitrogens with zero attached hydrogens (tertiary/aromatic N) is 4. The van der Waals surface area contributed by atoms with E-state index in [1.165, 1.54) is 0 Å². The third-order valence-electron chi connectivity index (χ3n) is 3.90. The topological polar surface area (TPSA) is 95.1 Å². The molecule has 1 N–H and O–H groups in total. The van der Waals surface area contributed by atoms with E-state index < -0.39 is 0 Å². The van der Waals surface area contributed by atoms with Crippen molar-refractivity contribution < 1.29 is 9.32 Å². The highest BCUT2D eigenvalue weighted by molar-refractivity contribution is 5.92. The molecule has 118 valence electrons. The van der Waals surface area contributed by atoms with Gasteiger partial charge in [0.1, 0.15) is 17.6 Å². The average molecular weight is 311 g/mol. The molecular formula is C16H17N5O2. The zero-order valence-corrected chi connectivity index (χ0v) is 12.8. The minimum absolute atomic E-state index is 0.0880. The van der Waals surface area contributed by atoms with Gasteiger partial charge in [-0.2, -0.15) is 5.26 Å². The summed E-state index contributed by atoms with van der Waals surface area (Å²) in [6.45, 7) is 3.24. The Morgan fingerprint density at radius 1 is 1.48 bits per heavy atom. The highest BCUT2D eigenvalue weighted by Crippen LogP contribution is 2.21. The van der Waals surface area contributed by atoms with E-state index in [0.29, 0.717) is 22.8 Å². The molecule has 3 rings (SSSR count). The standard InChI is InChI=1S/C16H17N5O2/c1-11-9-14(20-23-11)16(22)19-13-4-7-21(8-5-13)15-12(10-17)3-2-6-18-15/h2-3,6,9,13H,4-5,7-8H2,1H3,(H,19,22). The molecule has 7 nitrogen and oxygen atoms in total. The Morgan fingerprint density at radius 2 is 2.26 bits per heavy atom. The molecule has 0 atom stereocenters. The van der Waals surface area contributed by atoms with Gasteiger partial charge in [-0.15, -0.1) is 0 Å². The first kappa shape index (κ1) is 15.0. The van der Waals surface area contributed by atoms with E-state index >= 15 is 0 Å². The van der Waals surface area contributed by atoms with Crippen LogP contribution in [-0.2, 0) is 0 Å². The van der Waals surface area contributed by atoms with Gasteiger partial charge < -0.3 is 14.7 Å². The van der Waals surface area contributed by atoms with Crippen molar-refractivity contribution in [1.29, 1.82) is 5.26 Å². The number of piperidine rings is 1. The monoisotopic (exact) mass is 311 g/mol. The molecule has 0 aliphatic carbocycles. The van der Waals surface area contributed by atoms with Crippen molar-refractivity contribution in [2.75, 3.05) is 18.0 Å². The van der Waals surface area contributed by atoms with Gasteiger partial charge in [-0.3, -0.25) is 4.79 Å². The van der Waals surface area contributed by atoms with Crippen molar-refractivity contribution >= 4 is 11.7 Å². The number of hydrogen-bond donors (Lipinski definition) is 1. The van der Waals surface area contributed by atoms with E-state index in [-0.39, 0.29) is 11.9 Å². The Hall–Kier alpha value is -2.88. The van der Waals surface area contributed by atoms with Crippen molar-refractivity contribution in [1.82, 2.24) is 15.5 Å². The van der Waals surface area contributed by atoms with Crippen LogP contribution in [0.4, 0.5) is 5.82 Å². The largest absolute Gasteiger partial charge is 0.361 e. The van der Waals surface area contributed by atoms with Gasteiger partial charge in [0.2, 0.25) is 0 Å². The molecule has 0 bridgehead atoms. The van der Waals surface area contributed by atoms with Crippen LogP contribution in [0.2, 0.25) is 0 Å². The van der Waals surface area contributed by atoms with Crippen LogP contribution in [0.1, 0.15) is 34.7 Å². The van der Waals surface area contributed by atoms with Crippen LogP contribution in [-0.4, -0.2) is 35.2 Å². The smallest absolute Gasteiger partial charge is 0.273 e. The quantitative estimate of drug-likeness (QED) is 0.926. The number of amides is 1. The SMILES string of the molecule is Cc1cc(C(=O)NC2CCN(c3ncccc3C#N)CC2)no1. The first-order chi connectivity index (χ1) is 11.2. The van der Waals surface area contributed by atoms with E-state index in [1.807, 2.05) is 0 Å². The zero-order valence-electron chi connectivity index (χ0n) is 12.8. The van der Waals surface area contributed by atoms with E-state index in [2.05, 4.69) is 26.4 Å². The Morgan fingerprint density at radius 3 is 2.91 bits per heavy atom. The summed E-state index contributed by atoms with van der Waals surface area (Å²) < 4.78 is 4.92. The number of nitrogens with one attached hydrogen (secondary N) is 1. The van der Waals surface area contributed by atoms with Crippen LogP contribution in [0, 0.1) is 18.3 Å². The fourth-order valence-electron chi connectivity index (χ4n) is 2.70. The second-order valence-corrected chi connectivity index (χ2v) is 5.54. The third kappa shape index (κ3) is 3.31. The molecule has 23 heavy (non-hydrogen) atoms. The molecule has 2 aromatic heterocycles. The minimum Gasteiger partial charge on any atom is -0.361 e. The van der Waals surface area contributed by atoms with Gasteiger partial charge >= 0.3 is 0 Å².